The molecular weight excluding hydrogens is 671 g/mol. The van der Waals surface area contributed by atoms with Crippen LogP contribution in [0.3, 0.4) is 0 Å². The summed E-state index contributed by atoms with van der Waals surface area (Å²) in [6.07, 6.45) is 0. The zero-order valence-electron chi connectivity index (χ0n) is 29.8. The van der Waals surface area contributed by atoms with Crippen molar-refractivity contribution in [2.45, 2.75) is 0 Å². The highest BCUT2D eigenvalue weighted by molar-refractivity contribution is 6.24. The zero-order chi connectivity index (χ0) is 36.6. The summed E-state index contributed by atoms with van der Waals surface area (Å²) >= 11 is 0. The van der Waals surface area contributed by atoms with Crippen LogP contribution in [0.4, 0.5) is 17.1 Å². The fraction of sp³-hybridized carbons (Fsp3) is 0. The van der Waals surface area contributed by atoms with Crippen LogP contribution in [-0.4, -0.2) is 19.9 Å². The molecule has 0 amide bonds. The number of benzene rings is 8. The average Bonchev–Trinajstić information content (AvgIpc) is 3.27. The lowest BCUT2D eigenvalue weighted by Gasteiger charge is -2.27. The molecule has 0 saturated heterocycles. The van der Waals surface area contributed by atoms with E-state index in [9.17, 15) is 0 Å². The molecule has 2 aromatic heterocycles. The summed E-state index contributed by atoms with van der Waals surface area (Å²) in [5, 5.41) is 5.50. The van der Waals surface area contributed by atoms with Gasteiger partial charge in [0.25, 0.3) is 0 Å². The largest absolute Gasteiger partial charge is 0.308 e. The van der Waals surface area contributed by atoms with Gasteiger partial charge >= 0.3 is 0 Å². The van der Waals surface area contributed by atoms with Gasteiger partial charge in [0.1, 0.15) is 0 Å². The summed E-state index contributed by atoms with van der Waals surface area (Å²) in [7, 11) is 0. The minimum atomic E-state index is 0.619. The van der Waals surface area contributed by atoms with Gasteiger partial charge in [0.15, 0.2) is 17.5 Å². The molecular formula is C50H33N5. The molecule has 0 N–H and O–H groups in total. The topological polar surface area (TPSA) is 54.8 Å². The van der Waals surface area contributed by atoms with Crippen LogP contribution in [0, 0.1) is 0 Å². The molecule has 8 aromatic carbocycles. The second-order valence-corrected chi connectivity index (χ2v) is 13.5. The first-order valence-corrected chi connectivity index (χ1v) is 18.4. The van der Waals surface area contributed by atoms with Crippen molar-refractivity contribution in [2.75, 3.05) is 4.90 Å². The Morgan fingerprint density at radius 3 is 1.38 bits per heavy atom. The van der Waals surface area contributed by atoms with Crippen LogP contribution in [-0.2, 0) is 0 Å². The third-order valence-electron chi connectivity index (χ3n) is 10.1. The Bertz CT molecular complexity index is 2860. The molecule has 0 atom stereocenters. The maximum Gasteiger partial charge on any atom is 0.164 e. The lowest BCUT2D eigenvalue weighted by molar-refractivity contribution is 1.07. The predicted octanol–water partition coefficient (Wildman–Crippen LogP) is 12.9. The molecule has 10 aromatic rings. The summed E-state index contributed by atoms with van der Waals surface area (Å²) in [5.41, 5.74) is 8.81. The van der Waals surface area contributed by atoms with Gasteiger partial charge in [-0.2, -0.15) is 0 Å². The molecule has 0 aliphatic carbocycles. The van der Waals surface area contributed by atoms with Crippen molar-refractivity contribution in [1.82, 2.24) is 19.9 Å². The maximum absolute atomic E-state index is 5.55. The second-order valence-electron chi connectivity index (χ2n) is 13.5. The highest BCUT2D eigenvalue weighted by atomic mass is 15.1. The summed E-state index contributed by atoms with van der Waals surface area (Å²) in [5.74, 6) is 1.89. The van der Waals surface area contributed by atoms with Crippen molar-refractivity contribution >= 4 is 49.5 Å². The summed E-state index contributed by atoms with van der Waals surface area (Å²) < 4.78 is 0. The van der Waals surface area contributed by atoms with Gasteiger partial charge in [-0.25, -0.2) is 19.9 Å². The van der Waals surface area contributed by atoms with Crippen LogP contribution in [0.15, 0.2) is 200 Å². The molecule has 0 fully saturated rings. The van der Waals surface area contributed by atoms with Crippen molar-refractivity contribution in [3.63, 3.8) is 0 Å². The molecule has 0 spiro atoms. The predicted molar refractivity (Wildman–Crippen MR) is 227 cm³/mol. The Labute approximate surface area is 318 Å². The van der Waals surface area contributed by atoms with Crippen molar-refractivity contribution < 1.29 is 0 Å². The van der Waals surface area contributed by atoms with Gasteiger partial charge in [0, 0.05) is 49.8 Å². The van der Waals surface area contributed by atoms with E-state index in [1.807, 2.05) is 60.7 Å². The minimum Gasteiger partial charge on any atom is -0.308 e. The smallest absolute Gasteiger partial charge is 0.164 e. The van der Waals surface area contributed by atoms with Crippen LogP contribution < -0.4 is 4.90 Å². The highest BCUT2D eigenvalue weighted by Gasteiger charge is 2.21. The molecule has 0 aliphatic rings. The average molecular weight is 704 g/mol. The number of rotatable bonds is 7. The standard InChI is InChI=1S/C50H33N5/c1-6-17-35(18-7-1)46-42-32-31-34-29-30-38(50-53-48(36-19-8-2-9-20-36)52-49(54-50)37-21-10-3-11-22-37)33-43(34)45(42)41-27-16-28-44(47(41)51-46)55(39-23-12-4-13-24-39)40-25-14-5-15-26-40/h1-33H. The SMILES string of the molecule is c1ccc(-c2nc(-c3ccccc3)nc(-c3ccc4ccc5c(-c6ccccc6)nc6c(N(c7ccccc7)c7ccccc7)cccc6c5c4c3)n2)cc1. The van der Waals surface area contributed by atoms with E-state index in [1.165, 1.54) is 0 Å². The van der Waals surface area contributed by atoms with Crippen molar-refractivity contribution in [2.24, 2.45) is 0 Å². The summed E-state index contributed by atoms with van der Waals surface area (Å²) in [6.45, 7) is 0. The first kappa shape index (κ1) is 32.2. The van der Waals surface area contributed by atoms with E-state index >= 15 is 0 Å². The quantitative estimate of drug-likeness (QED) is 0.155. The number of para-hydroxylation sites is 3. The molecule has 0 unspecified atom stereocenters. The van der Waals surface area contributed by atoms with Crippen molar-refractivity contribution in [3.8, 4) is 45.4 Å². The van der Waals surface area contributed by atoms with Crippen LogP contribution in [0.1, 0.15) is 0 Å². The Balaban J connectivity index is 1.27. The first-order chi connectivity index (χ1) is 27.3. The molecule has 0 bridgehead atoms. The molecule has 0 saturated carbocycles. The Kier molecular flexibility index (Phi) is 8.08. The van der Waals surface area contributed by atoms with Gasteiger partial charge in [-0.05, 0) is 47.2 Å². The first-order valence-electron chi connectivity index (χ1n) is 18.4. The number of hydrogen-bond donors (Lipinski definition) is 0. The van der Waals surface area contributed by atoms with Gasteiger partial charge in [-0.15, -0.1) is 0 Å². The van der Waals surface area contributed by atoms with E-state index in [2.05, 4.69) is 144 Å². The van der Waals surface area contributed by atoms with Gasteiger partial charge in [0.05, 0.1) is 16.9 Å². The Morgan fingerprint density at radius 1 is 0.327 bits per heavy atom. The molecule has 2 heterocycles. The summed E-state index contributed by atoms with van der Waals surface area (Å²) in [6, 6.07) is 69.2. The molecule has 0 radical (unpaired) electrons. The normalized spacial score (nSPS) is 11.3. The third-order valence-corrected chi connectivity index (χ3v) is 10.1. The van der Waals surface area contributed by atoms with E-state index < -0.39 is 0 Å². The zero-order valence-corrected chi connectivity index (χ0v) is 29.8. The van der Waals surface area contributed by atoms with Gasteiger partial charge < -0.3 is 4.90 Å². The number of nitrogens with zero attached hydrogens (tertiary/aromatic N) is 5. The van der Waals surface area contributed by atoms with Gasteiger partial charge in [-0.3, -0.25) is 0 Å². The van der Waals surface area contributed by atoms with E-state index in [0.29, 0.717) is 17.5 Å². The fourth-order valence-electron chi connectivity index (χ4n) is 7.48. The van der Waals surface area contributed by atoms with Crippen molar-refractivity contribution in [1.29, 1.82) is 0 Å². The molecule has 5 heteroatoms. The van der Waals surface area contributed by atoms with E-state index in [1.54, 1.807) is 0 Å². The van der Waals surface area contributed by atoms with Crippen molar-refractivity contribution in [3.05, 3.63) is 200 Å². The molecule has 0 aliphatic heterocycles. The number of hydrogen-bond acceptors (Lipinski definition) is 5. The number of fused-ring (bicyclic) bond motifs is 5. The maximum atomic E-state index is 5.55. The Morgan fingerprint density at radius 2 is 0.818 bits per heavy atom. The fourth-order valence-corrected chi connectivity index (χ4v) is 7.48. The van der Waals surface area contributed by atoms with E-state index in [-0.39, 0.29) is 0 Å². The minimum absolute atomic E-state index is 0.619. The Hall–Kier alpha value is -7.50. The van der Waals surface area contributed by atoms with Crippen LogP contribution in [0.25, 0.3) is 77.9 Å². The second kappa shape index (κ2) is 13.8. The molecule has 10 rings (SSSR count). The highest BCUT2D eigenvalue weighted by Crippen LogP contribution is 2.44. The van der Waals surface area contributed by atoms with Gasteiger partial charge in [0.2, 0.25) is 0 Å². The van der Waals surface area contributed by atoms with Crippen LogP contribution >= 0.6 is 0 Å². The summed E-state index contributed by atoms with van der Waals surface area (Å²) in [4.78, 5) is 22.9. The molecule has 258 valence electrons. The molecule has 5 nitrogen and oxygen atoms in total. The monoisotopic (exact) mass is 703 g/mol. The van der Waals surface area contributed by atoms with Crippen LogP contribution in [0.5, 0.6) is 0 Å². The third kappa shape index (κ3) is 5.94. The lowest BCUT2D eigenvalue weighted by atomic mass is 9.93. The van der Waals surface area contributed by atoms with E-state index in [0.717, 1.165) is 77.5 Å². The van der Waals surface area contributed by atoms with Crippen LogP contribution in [0.2, 0.25) is 0 Å². The van der Waals surface area contributed by atoms with E-state index in [4.69, 9.17) is 19.9 Å². The molecule has 55 heavy (non-hydrogen) atoms. The number of aromatic nitrogens is 4. The lowest BCUT2D eigenvalue weighted by Crippen LogP contribution is -2.11. The number of pyridine rings is 1. The number of anilines is 3. The van der Waals surface area contributed by atoms with Gasteiger partial charge in [-0.1, -0.05) is 164 Å².